The van der Waals surface area contributed by atoms with Crippen LogP contribution in [0.15, 0.2) is 6.07 Å². The number of aryl methyl sites for hydroxylation is 2. The predicted octanol–water partition coefficient (Wildman–Crippen LogP) is 2.97. The molecule has 1 aliphatic rings. The molecule has 4 heteroatoms. The molecule has 1 aromatic heterocycles. The fourth-order valence-corrected chi connectivity index (χ4v) is 3.41. The van der Waals surface area contributed by atoms with E-state index in [9.17, 15) is 4.79 Å². The van der Waals surface area contributed by atoms with Crippen LogP contribution in [-0.2, 0) is 0 Å². The highest BCUT2D eigenvalue weighted by molar-refractivity contribution is 7.14. The Labute approximate surface area is 120 Å². The van der Waals surface area contributed by atoms with Crippen molar-refractivity contribution in [2.24, 2.45) is 0 Å². The Balaban J connectivity index is 1.74. The maximum Gasteiger partial charge on any atom is 0.261 e. The molecule has 106 valence electrons. The molecule has 1 amide bonds. The first-order valence-corrected chi connectivity index (χ1v) is 8.06. The zero-order valence-corrected chi connectivity index (χ0v) is 12.8. The summed E-state index contributed by atoms with van der Waals surface area (Å²) in [7, 11) is 0. The Morgan fingerprint density at radius 2 is 1.95 bits per heavy atom. The highest BCUT2D eigenvalue weighted by Gasteiger charge is 2.12. The minimum Gasteiger partial charge on any atom is -0.350 e. The van der Waals surface area contributed by atoms with Crippen LogP contribution in [-0.4, -0.2) is 37.0 Å². The number of nitrogens with one attached hydrogen (secondary N) is 1. The van der Waals surface area contributed by atoms with E-state index < -0.39 is 0 Å². The summed E-state index contributed by atoms with van der Waals surface area (Å²) in [6.07, 6.45) is 5.32. The van der Waals surface area contributed by atoms with Gasteiger partial charge in [-0.25, -0.2) is 0 Å². The normalized spacial score (nSPS) is 17.2. The second-order valence-corrected chi connectivity index (χ2v) is 6.62. The largest absolute Gasteiger partial charge is 0.350 e. The van der Waals surface area contributed by atoms with Gasteiger partial charge in [-0.3, -0.25) is 4.79 Å². The van der Waals surface area contributed by atoms with Crippen molar-refractivity contribution in [2.75, 3.05) is 26.2 Å². The third kappa shape index (κ3) is 4.32. The number of thiophene rings is 1. The van der Waals surface area contributed by atoms with Gasteiger partial charge in [-0.05, 0) is 51.4 Å². The number of likely N-dealkylation sites (tertiary alicyclic amines) is 1. The fourth-order valence-electron chi connectivity index (χ4n) is 2.46. The third-order valence-electron chi connectivity index (χ3n) is 3.80. The lowest BCUT2D eigenvalue weighted by Gasteiger charge is -2.19. The summed E-state index contributed by atoms with van der Waals surface area (Å²) in [5.74, 6) is 0.0796. The van der Waals surface area contributed by atoms with Gasteiger partial charge in [0, 0.05) is 18.0 Å². The van der Waals surface area contributed by atoms with Gasteiger partial charge >= 0.3 is 0 Å². The number of carbonyl (C=O) groups excluding carboxylic acids is 1. The van der Waals surface area contributed by atoms with Crippen molar-refractivity contribution in [3.63, 3.8) is 0 Å². The van der Waals surface area contributed by atoms with Gasteiger partial charge in [0.25, 0.3) is 5.91 Å². The van der Waals surface area contributed by atoms with Crippen LogP contribution in [0.5, 0.6) is 0 Å². The van der Waals surface area contributed by atoms with E-state index in [-0.39, 0.29) is 5.91 Å². The molecule has 1 aromatic rings. The lowest BCUT2D eigenvalue weighted by atomic mass is 10.2. The summed E-state index contributed by atoms with van der Waals surface area (Å²) in [5.41, 5.74) is 1.21. The van der Waals surface area contributed by atoms with Crippen molar-refractivity contribution in [2.45, 2.75) is 39.5 Å². The maximum atomic E-state index is 12.0. The first kappa shape index (κ1) is 14.5. The van der Waals surface area contributed by atoms with Gasteiger partial charge in [-0.1, -0.05) is 12.8 Å². The Hall–Kier alpha value is -0.870. The highest BCUT2D eigenvalue weighted by atomic mass is 32.1. The molecule has 1 saturated heterocycles. The molecule has 0 atom stereocenters. The minimum atomic E-state index is 0.0796. The van der Waals surface area contributed by atoms with Gasteiger partial charge in [-0.2, -0.15) is 0 Å². The van der Waals surface area contributed by atoms with Crippen molar-refractivity contribution in [1.29, 1.82) is 0 Å². The molecule has 0 saturated carbocycles. The Bertz CT molecular complexity index is 400. The van der Waals surface area contributed by atoms with E-state index in [1.165, 1.54) is 49.2 Å². The molecule has 0 bridgehead atoms. The van der Waals surface area contributed by atoms with Crippen molar-refractivity contribution in [3.05, 3.63) is 21.4 Å². The van der Waals surface area contributed by atoms with Crippen LogP contribution >= 0.6 is 11.3 Å². The van der Waals surface area contributed by atoms with Crippen LogP contribution in [0.1, 0.15) is 45.8 Å². The van der Waals surface area contributed by atoms with Crippen LogP contribution < -0.4 is 5.32 Å². The number of hydrogen-bond acceptors (Lipinski definition) is 3. The predicted molar refractivity (Wildman–Crippen MR) is 81.0 cm³/mol. The molecule has 2 heterocycles. The summed E-state index contributed by atoms with van der Waals surface area (Å²) in [5, 5.41) is 3.04. The lowest BCUT2D eigenvalue weighted by molar-refractivity contribution is 0.0952. The van der Waals surface area contributed by atoms with Crippen LogP contribution in [0.3, 0.4) is 0 Å². The van der Waals surface area contributed by atoms with Gasteiger partial charge in [0.15, 0.2) is 0 Å². The second kappa shape index (κ2) is 7.06. The van der Waals surface area contributed by atoms with E-state index in [0.29, 0.717) is 0 Å². The quantitative estimate of drug-likeness (QED) is 0.919. The summed E-state index contributed by atoms with van der Waals surface area (Å²) in [4.78, 5) is 16.5. The minimum absolute atomic E-state index is 0.0796. The smallest absolute Gasteiger partial charge is 0.261 e. The van der Waals surface area contributed by atoms with Crippen LogP contribution in [0, 0.1) is 13.8 Å². The van der Waals surface area contributed by atoms with E-state index >= 15 is 0 Å². The molecule has 0 aliphatic carbocycles. The Morgan fingerprint density at radius 3 is 2.53 bits per heavy atom. The standard InChI is InChI=1S/C15H24N2OS/c1-12-11-14(19-13(12)2)15(18)16-7-10-17-8-5-3-4-6-9-17/h11H,3-10H2,1-2H3,(H,16,18). The van der Waals surface area contributed by atoms with Gasteiger partial charge in [0.05, 0.1) is 4.88 Å². The van der Waals surface area contributed by atoms with E-state index in [1.54, 1.807) is 11.3 Å². The van der Waals surface area contributed by atoms with Gasteiger partial charge in [0.1, 0.15) is 0 Å². The monoisotopic (exact) mass is 280 g/mol. The summed E-state index contributed by atoms with van der Waals surface area (Å²) in [6.45, 7) is 8.23. The highest BCUT2D eigenvalue weighted by Crippen LogP contribution is 2.20. The van der Waals surface area contributed by atoms with Crippen LogP contribution in [0.25, 0.3) is 0 Å². The maximum absolute atomic E-state index is 12.0. The molecular weight excluding hydrogens is 256 g/mol. The fraction of sp³-hybridized carbons (Fsp3) is 0.667. The van der Waals surface area contributed by atoms with E-state index in [4.69, 9.17) is 0 Å². The Morgan fingerprint density at radius 1 is 1.26 bits per heavy atom. The summed E-state index contributed by atoms with van der Waals surface area (Å²) in [6, 6.07) is 1.99. The van der Waals surface area contributed by atoms with E-state index in [0.717, 1.165) is 18.0 Å². The SMILES string of the molecule is Cc1cc(C(=O)NCCN2CCCCCC2)sc1C. The lowest BCUT2D eigenvalue weighted by Crippen LogP contribution is -2.35. The molecule has 1 N–H and O–H groups in total. The number of nitrogens with zero attached hydrogens (tertiary/aromatic N) is 1. The molecule has 0 radical (unpaired) electrons. The number of hydrogen-bond donors (Lipinski definition) is 1. The van der Waals surface area contributed by atoms with E-state index in [1.807, 2.05) is 6.07 Å². The van der Waals surface area contributed by atoms with Crippen molar-refractivity contribution < 1.29 is 4.79 Å². The number of rotatable bonds is 4. The van der Waals surface area contributed by atoms with Crippen LogP contribution in [0.4, 0.5) is 0 Å². The molecule has 0 unspecified atom stereocenters. The average molecular weight is 280 g/mol. The first-order chi connectivity index (χ1) is 9.16. The zero-order chi connectivity index (χ0) is 13.7. The van der Waals surface area contributed by atoms with Crippen molar-refractivity contribution in [3.8, 4) is 0 Å². The zero-order valence-electron chi connectivity index (χ0n) is 12.0. The molecule has 2 rings (SSSR count). The molecule has 1 fully saturated rings. The molecule has 0 aromatic carbocycles. The van der Waals surface area contributed by atoms with Crippen molar-refractivity contribution in [1.82, 2.24) is 10.2 Å². The Kier molecular flexibility index (Phi) is 5.40. The summed E-state index contributed by atoms with van der Waals surface area (Å²) >= 11 is 1.59. The molecule has 19 heavy (non-hydrogen) atoms. The van der Waals surface area contributed by atoms with Gasteiger partial charge in [0.2, 0.25) is 0 Å². The van der Waals surface area contributed by atoms with E-state index in [2.05, 4.69) is 24.1 Å². The third-order valence-corrected chi connectivity index (χ3v) is 4.95. The molecule has 1 aliphatic heterocycles. The number of amides is 1. The van der Waals surface area contributed by atoms with Crippen molar-refractivity contribution >= 4 is 17.2 Å². The van der Waals surface area contributed by atoms with Crippen LogP contribution in [0.2, 0.25) is 0 Å². The molecular formula is C15H24N2OS. The van der Waals surface area contributed by atoms with Gasteiger partial charge < -0.3 is 10.2 Å². The topological polar surface area (TPSA) is 32.3 Å². The second-order valence-electron chi connectivity index (χ2n) is 5.36. The number of carbonyl (C=O) groups is 1. The molecule has 3 nitrogen and oxygen atoms in total. The average Bonchev–Trinajstić information content (AvgIpc) is 2.61. The summed E-state index contributed by atoms with van der Waals surface area (Å²) < 4.78 is 0. The molecule has 0 spiro atoms. The van der Waals surface area contributed by atoms with Gasteiger partial charge in [-0.15, -0.1) is 11.3 Å². The first-order valence-electron chi connectivity index (χ1n) is 7.24.